The minimum Gasteiger partial charge on any atom is -0.388 e. The number of halogens is 1. The number of aliphatic imine (C=N–C) groups is 2. The van der Waals surface area contributed by atoms with Gasteiger partial charge in [0.1, 0.15) is 16.8 Å². The van der Waals surface area contributed by atoms with E-state index >= 15 is 0 Å². The van der Waals surface area contributed by atoms with Gasteiger partial charge in [0.15, 0.2) is 0 Å². The number of nitrogens with one attached hydrogen (secondary N) is 1. The number of hydrogen-bond donors (Lipinski definition) is 4. The van der Waals surface area contributed by atoms with Crippen LogP contribution in [0, 0.1) is 5.41 Å². The van der Waals surface area contributed by atoms with Crippen molar-refractivity contribution >= 4 is 29.5 Å². The van der Waals surface area contributed by atoms with Crippen LogP contribution in [0.5, 0.6) is 0 Å². The molecule has 7 N–H and O–H groups in total. The molecule has 0 saturated carbocycles. The van der Waals surface area contributed by atoms with Crippen molar-refractivity contribution in [3.05, 3.63) is 35.8 Å². The number of rotatable bonds is 6. The van der Waals surface area contributed by atoms with Crippen molar-refractivity contribution in [3.8, 4) is 0 Å². The van der Waals surface area contributed by atoms with Gasteiger partial charge in [-0.05, 0) is 12.5 Å². The molecule has 7 heteroatoms. The van der Waals surface area contributed by atoms with E-state index in [0.29, 0.717) is 12.3 Å². The highest BCUT2D eigenvalue weighted by Crippen LogP contribution is 1.91. The Kier molecular flexibility index (Phi) is 8.05. The van der Waals surface area contributed by atoms with Gasteiger partial charge in [0.05, 0.1) is 12.4 Å². The summed E-state index contributed by atoms with van der Waals surface area (Å²) < 4.78 is 0. The second-order valence-electron chi connectivity index (χ2n) is 2.82. The van der Waals surface area contributed by atoms with Crippen LogP contribution < -0.4 is 17.2 Å². The van der Waals surface area contributed by atoms with Crippen molar-refractivity contribution in [2.24, 2.45) is 27.2 Å². The summed E-state index contributed by atoms with van der Waals surface area (Å²) in [5.41, 5.74) is 15.7. The second-order valence-corrected chi connectivity index (χ2v) is 3.26. The van der Waals surface area contributed by atoms with E-state index in [-0.39, 0.29) is 11.0 Å². The Balaban J connectivity index is 4.00. The summed E-state index contributed by atoms with van der Waals surface area (Å²) >= 11 is 5.36. The summed E-state index contributed by atoms with van der Waals surface area (Å²) in [7, 11) is 0. The van der Waals surface area contributed by atoms with Gasteiger partial charge in [-0.3, -0.25) is 10.4 Å². The maximum absolute atomic E-state index is 6.87. The van der Waals surface area contributed by atoms with E-state index in [1.165, 1.54) is 18.6 Å². The van der Waals surface area contributed by atoms with E-state index in [4.69, 9.17) is 34.2 Å². The zero-order chi connectivity index (χ0) is 13.1. The van der Waals surface area contributed by atoms with Gasteiger partial charge in [0.2, 0.25) is 0 Å². The van der Waals surface area contributed by atoms with Crippen LogP contribution >= 0.6 is 11.6 Å². The second kappa shape index (κ2) is 9.17. The first-order chi connectivity index (χ1) is 8.02. The Morgan fingerprint density at radius 3 is 2.53 bits per heavy atom. The van der Waals surface area contributed by atoms with Crippen molar-refractivity contribution in [2.75, 3.05) is 0 Å². The van der Waals surface area contributed by atoms with Gasteiger partial charge in [0, 0.05) is 6.20 Å². The highest BCUT2D eigenvalue weighted by atomic mass is 35.5. The van der Waals surface area contributed by atoms with Crippen molar-refractivity contribution in [3.63, 3.8) is 0 Å². The molecule has 0 unspecified atom stereocenters. The molecular weight excluding hydrogens is 240 g/mol. The first kappa shape index (κ1) is 14.9. The van der Waals surface area contributed by atoms with Crippen LogP contribution in [-0.4, -0.2) is 17.9 Å². The molecule has 0 aromatic carbocycles. The van der Waals surface area contributed by atoms with Crippen molar-refractivity contribution in [1.82, 2.24) is 0 Å². The third-order valence-corrected chi connectivity index (χ3v) is 1.40. The average Bonchev–Trinajstić information content (AvgIpc) is 2.24. The third-order valence-electron chi connectivity index (χ3n) is 1.30. The Bertz CT molecular complexity index is 388. The number of amidine groups is 2. The fourth-order valence-electron chi connectivity index (χ4n) is 0.692. The van der Waals surface area contributed by atoms with Gasteiger partial charge in [0.25, 0.3) is 0 Å². The predicted octanol–water partition coefficient (Wildman–Crippen LogP) is 0.807. The van der Waals surface area contributed by atoms with E-state index in [9.17, 15) is 0 Å². The molecule has 0 rings (SSSR count). The van der Waals surface area contributed by atoms with E-state index in [2.05, 4.69) is 9.98 Å². The van der Waals surface area contributed by atoms with E-state index in [0.717, 1.165) is 0 Å². The minimum absolute atomic E-state index is 0.0693. The molecule has 0 fully saturated rings. The maximum Gasteiger partial charge on any atom is 0.134 e. The summed E-state index contributed by atoms with van der Waals surface area (Å²) in [5.74, 6) is 0.209. The Labute approximate surface area is 105 Å². The normalized spacial score (nSPS) is 14.2. The van der Waals surface area contributed by atoms with Gasteiger partial charge in [-0.25, -0.2) is 4.99 Å². The van der Waals surface area contributed by atoms with Crippen LogP contribution in [0.1, 0.15) is 6.42 Å². The lowest BCUT2D eigenvalue weighted by Gasteiger charge is -1.88. The van der Waals surface area contributed by atoms with E-state index in [1.807, 2.05) is 0 Å². The van der Waals surface area contributed by atoms with Crippen molar-refractivity contribution < 1.29 is 0 Å². The lowest BCUT2D eigenvalue weighted by atomic mass is 10.3. The van der Waals surface area contributed by atoms with Gasteiger partial charge in [-0.1, -0.05) is 23.8 Å². The number of nitrogens with zero attached hydrogens (tertiary/aromatic N) is 2. The fourth-order valence-corrected chi connectivity index (χ4v) is 0.740. The van der Waals surface area contributed by atoms with Crippen LogP contribution in [0.2, 0.25) is 0 Å². The summed E-state index contributed by atoms with van der Waals surface area (Å²) in [6.45, 7) is 0. The summed E-state index contributed by atoms with van der Waals surface area (Å²) in [4.78, 5) is 7.52. The molecule has 0 aliphatic carbocycles. The Morgan fingerprint density at radius 2 is 1.94 bits per heavy atom. The monoisotopic (exact) mass is 254 g/mol. The molecule has 0 aliphatic heterocycles. The molecule has 6 nitrogen and oxygen atoms in total. The van der Waals surface area contributed by atoms with Gasteiger partial charge >= 0.3 is 0 Å². The quantitative estimate of drug-likeness (QED) is 0.318. The highest BCUT2D eigenvalue weighted by molar-refractivity contribution is 6.29. The molecule has 0 bridgehead atoms. The standard InChI is InChI=1S/C10H15ClN6/c11-8(12)6-17-10(15)4-2-1-3-5-16-7-9(13)14/h2-7H,1,12H2,(H3,13,14)(H2,15,17)/b4-2+,5-3-,8-6-,16-7?. The smallest absolute Gasteiger partial charge is 0.134 e. The van der Waals surface area contributed by atoms with Crippen LogP contribution in [0.4, 0.5) is 0 Å². The van der Waals surface area contributed by atoms with Crippen LogP contribution in [0.25, 0.3) is 0 Å². The summed E-state index contributed by atoms with van der Waals surface area (Å²) in [6, 6.07) is 0. The molecule has 0 aromatic rings. The number of nitrogens with two attached hydrogens (primary N) is 3. The topological polar surface area (TPSA) is 127 Å². The van der Waals surface area contributed by atoms with Crippen LogP contribution in [0.15, 0.2) is 45.8 Å². The van der Waals surface area contributed by atoms with Gasteiger partial charge < -0.3 is 17.2 Å². The largest absolute Gasteiger partial charge is 0.388 e. The first-order valence-electron chi connectivity index (χ1n) is 4.65. The third kappa shape index (κ3) is 11.8. The summed E-state index contributed by atoms with van der Waals surface area (Å²) in [5, 5.41) is 6.94. The molecule has 17 heavy (non-hydrogen) atoms. The van der Waals surface area contributed by atoms with E-state index < -0.39 is 0 Å². The van der Waals surface area contributed by atoms with Crippen LogP contribution in [0.3, 0.4) is 0 Å². The molecular formula is C10H15ClN6. The highest BCUT2D eigenvalue weighted by Gasteiger charge is 1.82. The molecule has 0 spiro atoms. The first-order valence-corrected chi connectivity index (χ1v) is 5.03. The average molecular weight is 255 g/mol. The van der Waals surface area contributed by atoms with Crippen molar-refractivity contribution in [2.45, 2.75) is 6.42 Å². The molecule has 0 atom stereocenters. The van der Waals surface area contributed by atoms with E-state index in [1.54, 1.807) is 18.2 Å². The molecule has 0 radical (unpaired) electrons. The molecule has 0 aliphatic rings. The lowest BCUT2D eigenvalue weighted by Crippen LogP contribution is -2.09. The number of allylic oxidation sites excluding steroid dienone is 2. The minimum atomic E-state index is -0.0907. The van der Waals surface area contributed by atoms with Crippen molar-refractivity contribution in [1.29, 1.82) is 5.41 Å². The molecule has 0 amide bonds. The molecule has 0 saturated heterocycles. The van der Waals surface area contributed by atoms with Crippen LogP contribution in [-0.2, 0) is 0 Å². The lowest BCUT2D eigenvalue weighted by molar-refractivity contribution is 1.36. The van der Waals surface area contributed by atoms with Gasteiger partial charge in [-0.15, -0.1) is 0 Å². The molecule has 92 valence electrons. The van der Waals surface area contributed by atoms with Gasteiger partial charge in [-0.2, -0.15) is 0 Å². The number of hydrogen-bond acceptors (Lipinski definition) is 4. The zero-order valence-electron chi connectivity index (χ0n) is 9.18. The predicted molar refractivity (Wildman–Crippen MR) is 73.0 cm³/mol. The fraction of sp³-hybridized carbons (Fsp3) is 0.100. The zero-order valence-corrected chi connectivity index (χ0v) is 9.93. The Morgan fingerprint density at radius 1 is 1.24 bits per heavy atom. The Hall–Kier alpha value is -2.08. The maximum atomic E-state index is 6.87. The molecule has 0 heterocycles. The molecule has 0 aromatic heterocycles. The summed E-state index contributed by atoms with van der Waals surface area (Å²) in [6.07, 6.45) is 9.85. The SMILES string of the molecule is N=C(N)C=N/C=C\C/C=C/C(N)=N/C=C(\N)Cl.